The highest BCUT2D eigenvalue weighted by Crippen LogP contribution is 2.41. The fourth-order valence-corrected chi connectivity index (χ4v) is 7.05. The van der Waals surface area contributed by atoms with Crippen molar-refractivity contribution in [2.45, 2.75) is 25.3 Å². The number of aromatic nitrogens is 1. The Morgan fingerprint density at radius 2 is 1.56 bits per heavy atom. The maximum absolute atomic E-state index is 14.0. The first-order valence-electron chi connectivity index (χ1n) is 13.8. The van der Waals surface area contributed by atoms with E-state index in [1.165, 1.54) is 33.7 Å². The lowest BCUT2D eigenvalue weighted by Crippen LogP contribution is -2.39. The molecule has 1 unspecified atom stereocenters. The minimum atomic E-state index is -0.179. The average Bonchev–Trinajstić information content (AvgIpc) is 3.26. The molecule has 0 saturated carbocycles. The Hall–Kier alpha value is -3.68. The van der Waals surface area contributed by atoms with Crippen molar-refractivity contribution in [2.75, 3.05) is 38.0 Å². The van der Waals surface area contributed by atoms with Gasteiger partial charge in [0, 0.05) is 44.0 Å². The number of rotatable bonds is 5. The summed E-state index contributed by atoms with van der Waals surface area (Å²) in [5, 5.41) is 0. The summed E-state index contributed by atoms with van der Waals surface area (Å²) in [5.74, 6) is 0. The van der Waals surface area contributed by atoms with E-state index < -0.39 is 0 Å². The van der Waals surface area contributed by atoms with Crippen molar-refractivity contribution in [3.63, 3.8) is 0 Å². The third kappa shape index (κ3) is 5.48. The second kappa shape index (κ2) is 11.3. The zero-order chi connectivity index (χ0) is 28.7. The van der Waals surface area contributed by atoms with Crippen molar-refractivity contribution >= 4 is 50.8 Å². The minimum Gasteiger partial charge on any atom is -0.378 e. The van der Waals surface area contributed by atoms with Gasteiger partial charge in [-0.25, -0.2) is 4.99 Å². The summed E-state index contributed by atoms with van der Waals surface area (Å²) in [6, 6.07) is 25.1. The first kappa shape index (κ1) is 27.5. The molecule has 3 aromatic carbocycles. The molecular weight excluding hydrogens is 592 g/mol. The van der Waals surface area contributed by atoms with E-state index in [1.807, 2.05) is 49.0 Å². The Morgan fingerprint density at radius 3 is 2.22 bits per heavy atom. The second-order valence-electron chi connectivity index (χ2n) is 11.0. The average molecular weight is 626 g/mol. The SMILES string of the molecule is CN(C)c1ccc(C=C2CCCC3=C2N=c2sc(=Cc4cccc(Br)c4)c(=O)n2C3c2ccc(N(C)C)cc2)cc1. The molecular formula is C34H33BrN4OS. The largest absolute Gasteiger partial charge is 0.378 e. The molecule has 0 radical (unpaired) electrons. The van der Waals surface area contributed by atoms with Gasteiger partial charge in [0.1, 0.15) is 0 Å². The van der Waals surface area contributed by atoms with Gasteiger partial charge >= 0.3 is 0 Å². The predicted molar refractivity (Wildman–Crippen MR) is 176 cm³/mol. The Kier molecular flexibility index (Phi) is 7.58. The standard InChI is InChI=1S/C34H33BrN4OS/c1-37(2)27-15-11-22(12-16-27)19-25-8-6-10-29-31(25)36-34-39(32(29)24-13-17-28(18-14-24)38(3)4)33(40)30(41-34)21-23-7-5-9-26(35)20-23/h5,7,9,11-21,32H,6,8,10H2,1-4H3. The van der Waals surface area contributed by atoms with Gasteiger partial charge in [0.25, 0.3) is 5.56 Å². The van der Waals surface area contributed by atoms with Crippen LogP contribution in [-0.4, -0.2) is 32.8 Å². The molecule has 0 saturated heterocycles. The second-order valence-corrected chi connectivity index (χ2v) is 12.9. The first-order valence-corrected chi connectivity index (χ1v) is 15.5. The number of halogens is 1. The zero-order valence-corrected chi connectivity index (χ0v) is 26.2. The van der Waals surface area contributed by atoms with E-state index in [4.69, 9.17) is 4.99 Å². The van der Waals surface area contributed by atoms with Crippen LogP contribution < -0.4 is 24.7 Å². The van der Waals surface area contributed by atoms with Crippen molar-refractivity contribution in [2.24, 2.45) is 4.99 Å². The molecule has 0 N–H and O–H groups in total. The van der Waals surface area contributed by atoms with Crippen LogP contribution in [-0.2, 0) is 0 Å². The summed E-state index contributed by atoms with van der Waals surface area (Å²) < 4.78 is 3.61. The highest BCUT2D eigenvalue weighted by molar-refractivity contribution is 9.10. The minimum absolute atomic E-state index is 0.0114. The van der Waals surface area contributed by atoms with E-state index in [0.29, 0.717) is 4.53 Å². The van der Waals surface area contributed by atoms with E-state index in [-0.39, 0.29) is 11.6 Å². The predicted octanol–water partition coefficient (Wildman–Crippen LogP) is 6.38. The fraction of sp³-hybridized carbons (Fsp3) is 0.235. The van der Waals surface area contributed by atoms with Crippen LogP contribution in [0.2, 0.25) is 0 Å². The van der Waals surface area contributed by atoms with Gasteiger partial charge in [0.15, 0.2) is 4.80 Å². The Labute approximate surface area is 253 Å². The van der Waals surface area contributed by atoms with Crippen molar-refractivity contribution in [1.82, 2.24) is 4.57 Å². The van der Waals surface area contributed by atoms with E-state index in [2.05, 4.69) is 94.4 Å². The van der Waals surface area contributed by atoms with Gasteiger partial charge in [0.05, 0.1) is 16.3 Å². The lowest BCUT2D eigenvalue weighted by molar-refractivity contribution is 0.553. The normalized spacial score (nSPS) is 17.7. The first-order chi connectivity index (χ1) is 19.8. The summed E-state index contributed by atoms with van der Waals surface area (Å²) in [4.78, 5) is 24.2. The summed E-state index contributed by atoms with van der Waals surface area (Å²) in [7, 11) is 8.20. The number of anilines is 2. The van der Waals surface area contributed by atoms with Crippen LogP contribution in [0, 0.1) is 0 Å². The van der Waals surface area contributed by atoms with Gasteiger partial charge in [-0.2, -0.15) is 0 Å². The Balaban J connectivity index is 1.53. The molecule has 1 atom stereocenters. The topological polar surface area (TPSA) is 40.8 Å². The molecule has 7 heteroatoms. The van der Waals surface area contributed by atoms with Gasteiger partial charge < -0.3 is 9.80 Å². The summed E-state index contributed by atoms with van der Waals surface area (Å²) in [6.07, 6.45) is 7.18. The van der Waals surface area contributed by atoms with Crippen molar-refractivity contribution in [3.8, 4) is 0 Å². The lowest BCUT2D eigenvalue weighted by Gasteiger charge is -2.31. The summed E-state index contributed by atoms with van der Waals surface area (Å²) in [5.41, 5.74) is 9.11. The molecule has 208 valence electrons. The highest BCUT2D eigenvalue weighted by atomic mass is 79.9. The molecule has 0 amide bonds. The van der Waals surface area contributed by atoms with Gasteiger partial charge in [-0.15, -0.1) is 0 Å². The van der Waals surface area contributed by atoms with Crippen LogP contribution in [0.1, 0.15) is 42.0 Å². The monoisotopic (exact) mass is 624 g/mol. The lowest BCUT2D eigenvalue weighted by atomic mass is 9.83. The van der Waals surface area contributed by atoms with E-state index >= 15 is 0 Å². The third-order valence-electron chi connectivity index (χ3n) is 7.76. The molecule has 0 fully saturated rings. The van der Waals surface area contributed by atoms with Crippen LogP contribution in [0.25, 0.3) is 12.2 Å². The fourth-order valence-electron chi connectivity index (χ4n) is 5.63. The maximum atomic E-state index is 14.0. The number of fused-ring (bicyclic) bond motifs is 1. The number of benzene rings is 3. The Morgan fingerprint density at radius 1 is 0.878 bits per heavy atom. The van der Waals surface area contributed by atoms with Crippen molar-refractivity contribution in [1.29, 1.82) is 0 Å². The third-order valence-corrected chi connectivity index (χ3v) is 9.23. The van der Waals surface area contributed by atoms with Crippen LogP contribution in [0.3, 0.4) is 0 Å². The van der Waals surface area contributed by atoms with Crippen molar-refractivity contribution in [3.05, 3.63) is 130 Å². The number of hydrogen-bond acceptors (Lipinski definition) is 5. The molecule has 1 aromatic heterocycles. The highest BCUT2D eigenvalue weighted by Gasteiger charge is 2.32. The number of nitrogens with zero attached hydrogens (tertiary/aromatic N) is 4. The van der Waals surface area contributed by atoms with E-state index in [1.54, 1.807) is 0 Å². The van der Waals surface area contributed by atoms with E-state index in [0.717, 1.165) is 51.0 Å². The van der Waals surface area contributed by atoms with Gasteiger partial charge in [-0.1, -0.05) is 63.7 Å². The number of hydrogen-bond donors (Lipinski definition) is 0. The molecule has 0 bridgehead atoms. The van der Waals surface area contributed by atoms with Crippen molar-refractivity contribution < 1.29 is 0 Å². The van der Waals surface area contributed by atoms with Gasteiger partial charge in [0.2, 0.25) is 0 Å². The maximum Gasteiger partial charge on any atom is 0.271 e. The zero-order valence-electron chi connectivity index (χ0n) is 23.8. The van der Waals surface area contributed by atoms with Crippen LogP contribution in [0.15, 0.2) is 104 Å². The molecule has 1 aliphatic heterocycles. The Bertz CT molecular complexity index is 1840. The van der Waals surface area contributed by atoms with Gasteiger partial charge in [-0.3, -0.25) is 9.36 Å². The van der Waals surface area contributed by atoms with Crippen LogP contribution in [0.4, 0.5) is 11.4 Å². The summed E-state index contributed by atoms with van der Waals surface area (Å²) >= 11 is 5.03. The quantitative estimate of drug-likeness (QED) is 0.259. The van der Waals surface area contributed by atoms with E-state index in [9.17, 15) is 4.79 Å². The number of thiazole rings is 1. The van der Waals surface area contributed by atoms with Gasteiger partial charge in [-0.05, 0) is 95.6 Å². The molecule has 41 heavy (non-hydrogen) atoms. The molecule has 6 rings (SSSR count). The summed E-state index contributed by atoms with van der Waals surface area (Å²) in [6.45, 7) is 0. The molecule has 2 aliphatic rings. The molecule has 2 heterocycles. The molecule has 4 aromatic rings. The number of allylic oxidation sites excluding steroid dienone is 2. The molecule has 1 aliphatic carbocycles. The molecule has 5 nitrogen and oxygen atoms in total. The van der Waals surface area contributed by atoms with Crippen LogP contribution >= 0.6 is 27.3 Å². The molecule has 0 spiro atoms. The van der Waals surface area contributed by atoms with Crippen LogP contribution in [0.5, 0.6) is 0 Å². The smallest absolute Gasteiger partial charge is 0.271 e.